The molecule has 0 N–H and O–H groups in total. The summed E-state index contributed by atoms with van der Waals surface area (Å²) < 4.78 is 0. The van der Waals surface area contributed by atoms with Gasteiger partial charge in [-0.2, -0.15) is 0 Å². The molecule has 0 spiro atoms. The monoisotopic (exact) mass is 353 g/mol. The average molecular weight is 354 g/mol. The fraction of sp³-hybridized carbons (Fsp3) is 0. The second-order valence-electron chi connectivity index (χ2n) is 0. The van der Waals surface area contributed by atoms with Crippen LogP contribution < -0.4 is 99.8 Å². The van der Waals surface area contributed by atoms with Gasteiger partial charge in [0.25, 0.3) is 0 Å². The summed E-state index contributed by atoms with van der Waals surface area (Å²) in [6, 6.07) is 0. The molecule has 0 aliphatic rings. The summed E-state index contributed by atoms with van der Waals surface area (Å²) in [6.45, 7) is 0. The molecule has 0 aliphatic heterocycles. The Bertz CT molecular complexity index is 10.4. The van der Waals surface area contributed by atoms with Crippen molar-refractivity contribution in [1.29, 1.82) is 0 Å². The molecular formula is Cl5DyLi2. The molecule has 0 saturated heterocycles. The van der Waals surface area contributed by atoms with Gasteiger partial charge in [0, 0.05) is 0 Å². The topological polar surface area (TPSA) is 0 Å². The van der Waals surface area contributed by atoms with Crippen molar-refractivity contribution >= 4 is 0 Å². The molecule has 0 fully saturated rings. The number of rotatable bonds is 0. The summed E-state index contributed by atoms with van der Waals surface area (Å²) in [5.74, 6) is 0. The molecule has 0 rings (SSSR count). The smallest absolute Gasteiger partial charge is 1.00 e. The normalized spacial score (nSPS) is 0. The van der Waals surface area contributed by atoms with E-state index in [1.54, 1.807) is 0 Å². The van der Waals surface area contributed by atoms with E-state index in [1.165, 1.54) is 0 Å². The molecule has 0 unspecified atom stereocenters. The van der Waals surface area contributed by atoms with Crippen LogP contribution in [0.3, 0.4) is 0 Å². The van der Waals surface area contributed by atoms with Crippen molar-refractivity contribution < 1.29 is 138 Å². The van der Waals surface area contributed by atoms with Gasteiger partial charge in [-0.3, -0.25) is 0 Å². The molecule has 0 bridgehead atoms. The quantitative estimate of drug-likeness (QED) is 0.380. The number of hydrogen-bond acceptors (Lipinski definition) is 0. The first kappa shape index (κ1) is 92.6. The van der Waals surface area contributed by atoms with Gasteiger partial charge < -0.3 is 62.0 Å². The summed E-state index contributed by atoms with van der Waals surface area (Å²) in [7, 11) is 0. The van der Waals surface area contributed by atoms with E-state index in [1.807, 2.05) is 0 Å². The first-order valence-corrected chi connectivity index (χ1v) is 0. The molecule has 8 heavy (non-hydrogen) atoms. The number of hydrogen-bond donors (Lipinski definition) is 0. The summed E-state index contributed by atoms with van der Waals surface area (Å²) in [6.07, 6.45) is 0. The SMILES string of the molecule is [Cl-].[Cl-].[Cl-].[Cl-].[Cl-].[Dy+3].[Li+].[Li+]. The van der Waals surface area contributed by atoms with Crippen LogP contribution in [0, 0.1) is 38.2 Å². The summed E-state index contributed by atoms with van der Waals surface area (Å²) in [5.41, 5.74) is 0. The maximum absolute atomic E-state index is 0. The molecule has 0 saturated carbocycles. The first-order chi connectivity index (χ1) is 0. The average Bonchev–Trinajstić information content (AvgIpc) is 0. The molecule has 8 heteroatoms. The van der Waals surface area contributed by atoms with Crippen molar-refractivity contribution in [2.24, 2.45) is 0 Å². The summed E-state index contributed by atoms with van der Waals surface area (Å²) in [4.78, 5) is 0. The van der Waals surface area contributed by atoms with Crippen LogP contribution in [0.4, 0.5) is 0 Å². The minimum atomic E-state index is 0. The second kappa shape index (κ2) is 70.0. The summed E-state index contributed by atoms with van der Waals surface area (Å²) in [5, 5.41) is 0. The minimum Gasteiger partial charge on any atom is -1.00 e. The Morgan fingerprint density at radius 1 is 0.375 bits per heavy atom. The molecule has 0 nitrogen and oxygen atoms in total. The van der Waals surface area contributed by atoms with E-state index in [0.717, 1.165) is 0 Å². The van der Waals surface area contributed by atoms with Crippen LogP contribution in [-0.2, 0) is 0 Å². The Morgan fingerprint density at radius 2 is 0.375 bits per heavy atom. The van der Waals surface area contributed by atoms with Crippen molar-refractivity contribution in [2.75, 3.05) is 0 Å². The fourth-order valence-electron chi connectivity index (χ4n) is 0. The third-order valence-corrected chi connectivity index (χ3v) is 0. The molecule has 0 heterocycles. The Hall–Kier alpha value is 3.92. The van der Waals surface area contributed by atoms with Gasteiger partial charge in [0.05, 0.1) is 0 Å². The zero-order valence-electron chi connectivity index (χ0n) is 4.21. The maximum Gasteiger partial charge on any atom is 3.00 e. The molecular weight excluding hydrogens is 354 g/mol. The molecule has 0 atom stereocenters. The third-order valence-electron chi connectivity index (χ3n) is 0. The zero-order valence-corrected chi connectivity index (χ0v) is 10.0. The van der Waals surface area contributed by atoms with Gasteiger partial charge in [0.1, 0.15) is 0 Å². The van der Waals surface area contributed by atoms with Gasteiger partial charge in [-0.1, -0.05) is 0 Å². The van der Waals surface area contributed by atoms with Crippen molar-refractivity contribution in [1.82, 2.24) is 0 Å². The molecule has 0 amide bonds. The van der Waals surface area contributed by atoms with Crippen molar-refractivity contribution in [3.05, 3.63) is 0 Å². The van der Waals surface area contributed by atoms with Crippen LogP contribution in [0.2, 0.25) is 0 Å². The molecule has 47 valence electrons. The zero-order chi connectivity index (χ0) is 0. The molecule has 0 aromatic rings. The van der Waals surface area contributed by atoms with E-state index in [9.17, 15) is 0 Å². The first-order valence-electron chi connectivity index (χ1n) is 0. The Labute approximate surface area is 135 Å². The fourth-order valence-corrected chi connectivity index (χ4v) is 0. The van der Waals surface area contributed by atoms with Crippen LogP contribution >= 0.6 is 0 Å². The van der Waals surface area contributed by atoms with E-state index in [2.05, 4.69) is 0 Å². The van der Waals surface area contributed by atoms with Crippen molar-refractivity contribution in [3.8, 4) is 0 Å². The van der Waals surface area contributed by atoms with E-state index >= 15 is 0 Å². The van der Waals surface area contributed by atoms with Crippen LogP contribution in [-0.4, -0.2) is 0 Å². The largest absolute Gasteiger partial charge is 3.00 e. The van der Waals surface area contributed by atoms with Gasteiger partial charge >= 0.3 is 75.9 Å². The third kappa shape index (κ3) is 51.4. The van der Waals surface area contributed by atoms with Gasteiger partial charge in [0.2, 0.25) is 0 Å². The summed E-state index contributed by atoms with van der Waals surface area (Å²) >= 11 is 0. The second-order valence-corrected chi connectivity index (χ2v) is 0. The maximum atomic E-state index is 0. The Balaban J connectivity index is 0. The standard InChI is InChI=1S/5ClH.Dy.2Li/h5*1H;;;/q;;;;;+3;2*+1/p-5. The van der Waals surface area contributed by atoms with E-state index in [0.29, 0.717) is 0 Å². The van der Waals surface area contributed by atoms with Gasteiger partial charge in [0.15, 0.2) is 0 Å². The Kier molecular flexibility index (Phi) is 810. The van der Waals surface area contributed by atoms with E-state index in [-0.39, 0.29) is 138 Å². The van der Waals surface area contributed by atoms with E-state index < -0.39 is 0 Å². The Morgan fingerprint density at radius 3 is 0.375 bits per heavy atom. The molecule has 0 aliphatic carbocycles. The van der Waals surface area contributed by atoms with Crippen LogP contribution in [0.15, 0.2) is 0 Å². The molecule has 1 radical (unpaired) electrons. The van der Waals surface area contributed by atoms with Crippen LogP contribution in [0.25, 0.3) is 0 Å². The van der Waals surface area contributed by atoms with Crippen LogP contribution in [0.5, 0.6) is 0 Å². The molecule has 0 aromatic heterocycles. The number of halogens is 5. The predicted octanol–water partition coefficient (Wildman–Crippen LogP) is -21.0. The molecule has 0 aromatic carbocycles. The predicted molar refractivity (Wildman–Crippen MR) is 0 cm³/mol. The van der Waals surface area contributed by atoms with E-state index in [4.69, 9.17) is 0 Å². The van der Waals surface area contributed by atoms with Crippen molar-refractivity contribution in [3.63, 3.8) is 0 Å². The van der Waals surface area contributed by atoms with Gasteiger partial charge in [-0.05, 0) is 0 Å². The van der Waals surface area contributed by atoms with Crippen LogP contribution in [0.1, 0.15) is 0 Å². The van der Waals surface area contributed by atoms with Gasteiger partial charge in [-0.25, -0.2) is 0 Å². The van der Waals surface area contributed by atoms with Gasteiger partial charge in [-0.15, -0.1) is 0 Å². The van der Waals surface area contributed by atoms with Crippen molar-refractivity contribution in [2.45, 2.75) is 0 Å². The minimum absolute atomic E-state index is 0.